The Morgan fingerprint density at radius 1 is 0.898 bits per heavy atom. The molecule has 268 valence electrons. The molecule has 2 heterocycles. The highest BCUT2D eigenvalue weighted by atomic mass is 16.6. The van der Waals surface area contributed by atoms with E-state index in [2.05, 4.69) is 22.5 Å². The second-order valence-corrected chi connectivity index (χ2v) is 12.5. The molecule has 1 atom stereocenters. The van der Waals surface area contributed by atoms with Crippen LogP contribution in [0.2, 0.25) is 0 Å². The number of anilines is 1. The van der Waals surface area contributed by atoms with Crippen molar-refractivity contribution in [2.45, 2.75) is 71.4 Å². The van der Waals surface area contributed by atoms with Gasteiger partial charge in [0.05, 0.1) is 18.9 Å². The summed E-state index contributed by atoms with van der Waals surface area (Å²) < 4.78 is 20.8. The maximum atomic E-state index is 13.8. The molecule has 1 aromatic heterocycles. The van der Waals surface area contributed by atoms with E-state index in [0.29, 0.717) is 17.9 Å². The van der Waals surface area contributed by atoms with E-state index in [4.69, 9.17) is 18.9 Å². The number of carbonyl (C=O) groups excluding carboxylic acids is 5. The Labute approximate surface area is 287 Å². The van der Waals surface area contributed by atoms with Crippen molar-refractivity contribution in [2.24, 2.45) is 0 Å². The lowest BCUT2D eigenvalue weighted by Gasteiger charge is -2.36. The van der Waals surface area contributed by atoms with Crippen LogP contribution in [0.5, 0.6) is 0 Å². The molecule has 49 heavy (non-hydrogen) atoms. The zero-order chi connectivity index (χ0) is 35.8. The molecule has 14 nitrogen and oxygen atoms in total. The van der Waals surface area contributed by atoms with Crippen LogP contribution in [0.3, 0.4) is 0 Å². The van der Waals surface area contributed by atoms with Crippen molar-refractivity contribution in [3.05, 3.63) is 48.2 Å². The molecule has 2 N–H and O–H groups in total. The van der Waals surface area contributed by atoms with Crippen molar-refractivity contribution in [1.82, 2.24) is 20.1 Å². The monoisotopic (exact) mass is 683 g/mol. The molecule has 0 bridgehead atoms. The van der Waals surface area contributed by atoms with Crippen molar-refractivity contribution < 1.29 is 42.9 Å². The van der Waals surface area contributed by atoms with Crippen LogP contribution in [-0.4, -0.2) is 110 Å². The smallest absolute Gasteiger partial charge is 0.411 e. The Morgan fingerprint density at radius 2 is 1.59 bits per heavy atom. The van der Waals surface area contributed by atoms with Crippen molar-refractivity contribution in [3.8, 4) is 11.3 Å². The fourth-order valence-corrected chi connectivity index (χ4v) is 4.92. The minimum Gasteiger partial charge on any atom is -0.460 e. The lowest BCUT2D eigenvalue weighted by molar-refractivity contribution is -0.155. The van der Waals surface area contributed by atoms with Crippen LogP contribution in [-0.2, 0) is 28.5 Å². The number of piperazine rings is 1. The first-order valence-corrected chi connectivity index (χ1v) is 16.6. The van der Waals surface area contributed by atoms with Gasteiger partial charge in [-0.15, -0.1) is 0 Å². The third-order valence-electron chi connectivity index (χ3n) is 7.38. The first-order valence-electron chi connectivity index (χ1n) is 16.6. The van der Waals surface area contributed by atoms with Crippen molar-refractivity contribution in [2.75, 3.05) is 58.4 Å². The lowest BCUT2D eigenvalue weighted by Crippen LogP contribution is -2.56. The van der Waals surface area contributed by atoms with Gasteiger partial charge in [-0.1, -0.05) is 50.1 Å². The molecule has 0 saturated carbocycles. The fourth-order valence-electron chi connectivity index (χ4n) is 4.92. The van der Waals surface area contributed by atoms with E-state index in [0.717, 1.165) is 19.3 Å². The van der Waals surface area contributed by atoms with E-state index in [1.807, 2.05) is 18.2 Å². The Kier molecular flexibility index (Phi) is 15.3. The largest absolute Gasteiger partial charge is 0.460 e. The Bertz CT molecular complexity index is 1410. The van der Waals surface area contributed by atoms with Crippen LogP contribution in [0.25, 0.3) is 11.3 Å². The van der Waals surface area contributed by atoms with E-state index in [9.17, 15) is 24.0 Å². The number of hydrogen-bond acceptors (Lipinski definition) is 10. The lowest BCUT2D eigenvalue weighted by atomic mass is 10.1. The van der Waals surface area contributed by atoms with Gasteiger partial charge in [0.15, 0.2) is 0 Å². The summed E-state index contributed by atoms with van der Waals surface area (Å²) in [5.74, 6) is -1.62. The number of carbonyl (C=O) groups is 5. The number of rotatable bonds is 15. The predicted octanol–water partition coefficient (Wildman–Crippen LogP) is 4.63. The second kappa shape index (κ2) is 19.3. The Hall–Kier alpha value is -4.72. The molecule has 1 saturated heterocycles. The van der Waals surface area contributed by atoms with Crippen LogP contribution < -0.4 is 10.6 Å². The predicted molar refractivity (Wildman–Crippen MR) is 182 cm³/mol. The highest BCUT2D eigenvalue weighted by molar-refractivity contribution is 5.98. The second-order valence-electron chi connectivity index (χ2n) is 12.5. The molecule has 14 heteroatoms. The van der Waals surface area contributed by atoms with Crippen molar-refractivity contribution in [1.29, 1.82) is 0 Å². The third-order valence-corrected chi connectivity index (χ3v) is 7.38. The molecule has 0 spiro atoms. The number of ether oxygens (including phenoxy) is 4. The third kappa shape index (κ3) is 13.4. The van der Waals surface area contributed by atoms with Gasteiger partial charge in [-0.3, -0.25) is 19.7 Å². The van der Waals surface area contributed by atoms with Crippen LogP contribution in [0, 0.1) is 0 Å². The van der Waals surface area contributed by atoms with Gasteiger partial charge in [-0.05, 0) is 45.7 Å². The summed E-state index contributed by atoms with van der Waals surface area (Å²) in [6, 6.07) is 10.9. The summed E-state index contributed by atoms with van der Waals surface area (Å²) in [5, 5.41) is 5.37. The molecular weight excluding hydrogens is 634 g/mol. The first-order chi connectivity index (χ1) is 23.4. The van der Waals surface area contributed by atoms with Crippen LogP contribution in [0.4, 0.5) is 15.3 Å². The number of aromatic nitrogens is 1. The molecule has 1 aliphatic rings. The molecule has 4 amide bonds. The molecule has 1 aliphatic heterocycles. The fraction of sp³-hybridized carbons (Fsp3) is 0.543. The number of nitrogens with one attached hydrogen (secondary N) is 2. The molecule has 0 unspecified atom stereocenters. The van der Waals surface area contributed by atoms with E-state index in [1.54, 1.807) is 48.8 Å². The average Bonchev–Trinajstić information content (AvgIpc) is 3.07. The van der Waals surface area contributed by atoms with Gasteiger partial charge >= 0.3 is 18.2 Å². The van der Waals surface area contributed by atoms with Crippen LogP contribution in [0.15, 0.2) is 42.5 Å². The molecule has 3 rings (SSSR count). The maximum Gasteiger partial charge on any atom is 0.411 e. The first kappa shape index (κ1) is 38.7. The van der Waals surface area contributed by atoms with Gasteiger partial charge in [0.1, 0.15) is 23.9 Å². The number of esters is 1. The van der Waals surface area contributed by atoms with E-state index < -0.39 is 41.6 Å². The topological polar surface area (TPSA) is 166 Å². The highest BCUT2D eigenvalue weighted by Gasteiger charge is 2.32. The number of pyridine rings is 1. The number of benzene rings is 1. The quantitative estimate of drug-likeness (QED) is 0.154. The molecule has 2 aromatic rings. The van der Waals surface area contributed by atoms with E-state index >= 15 is 0 Å². The zero-order valence-electron chi connectivity index (χ0n) is 29.1. The number of hydrogen-bond donors (Lipinski definition) is 2. The number of unbranched alkanes of at least 4 members (excludes halogenated alkanes) is 2. The van der Waals surface area contributed by atoms with Crippen molar-refractivity contribution >= 4 is 35.7 Å². The summed E-state index contributed by atoms with van der Waals surface area (Å²) in [6.07, 6.45) is 1.44. The Balaban J connectivity index is 1.79. The molecule has 0 radical (unpaired) electrons. The van der Waals surface area contributed by atoms with Crippen LogP contribution in [0.1, 0.15) is 70.3 Å². The van der Waals surface area contributed by atoms with E-state index in [-0.39, 0.29) is 63.6 Å². The normalized spacial score (nSPS) is 13.7. The number of nitrogens with zero attached hydrogens (tertiary/aromatic N) is 3. The summed E-state index contributed by atoms with van der Waals surface area (Å²) in [4.78, 5) is 72.7. The number of amides is 4. The summed E-state index contributed by atoms with van der Waals surface area (Å²) >= 11 is 0. The summed E-state index contributed by atoms with van der Waals surface area (Å²) in [7, 11) is 1.49. The van der Waals surface area contributed by atoms with Crippen LogP contribution >= 0.6 is 0 Å². The van der Waals surface area contributed by atoms with Gasteiger partial charge in [-0.2, -0.15) is 0 Å². The maximum absolute atomic E-state index is 13.8. The van der Waals surface area contributed by atoms with Gasteiger partial charge in [0, 0.05) is 51.0 Å². The van der Waals surface area contributed by atoms with Gasteiger partial charge < -0.3 is 34.1 Å². The Morgan fingerprint density at radius 3 is 2.24 bits per heavy atom. The van der Waals surface area contributed by atoms with E-state index in [1.165, 1.54) is 13.2 Å². The summed E-state index contributed by atoms with van der Waals surface area (Å²) in [5.41, 5.74) is 0.536. The minimum atomic E-state index is -1.11. The molecule has 0 aliphatic carbocycles. The zero-order valence-corrected chi connectivity index (χ0v) is 29.1. The molecular formula is C35H49N5O9. The van der Waals surface area contributed by atoms with Gasteiger partial charge in [-0.25, -0.2) is 14.6 Å². The van der Waals surface area contributed by atoms with Gasteiger partial charge in [0.2, 0.25) is 5.91 Å². The number of methoxy groups -OCH3 is 1. The SMILES string of the molecule is CCCCCOC(=O)N1CCN(C(=O)[C@H](CCC(=O)OC(C)(C)C)NC(=O)c2cc(NC(=O)OCCOC)cc(-c3ccccc3)n2)CC1. The minimum absolute atomic E-state index is 0.0299. The van der Waals surface area contributed by atoms with Crippen molar-refractivity contribution in [3.63, 3.8) is 0 Å². The molecule has 1 aromatic carbocycles. The summed E-state index contributed by atoms with van der Waals surface area (Å²) in [6.45, 7) is 8.87. The van der Waals surface area contributed by atoms with Gasteiger partial charge in [0.25, 0.3) is 5.91 Å². The average molecular weight is 684 g/mol. The standard InChI is InChI=1S/C35H49N5O9/c1-6-7-11-20-48-34(45)40-18-16-39(17-19-40)32(43)27(14-15-30(41)49-35(2,3)4)38-31(42)29-24-26(36-33(44)47-22-21-46-5)23-28(37-29)25-12-9-8-10-13-25/h8-10,12-13,23-24,27H,6-7,11,14-22H2,1-5H3,(H,38,42)(H,36,37,44)/t27-/m0/s1. The highest BCUT2D eigenvalue weighted by Crippen LogP contribution is 2.23. The molecule has 1 fully saturated rings.